The summed E-state index contributed by atoms with van der Waals surface area (Å²) in [5, 5.41) is 8.82. The summed E-state index contributed by atoms with van der Waals surface area (Å²) in [6, 6.07) is 4.16. The van der Waals surface area contributed by atoms with E-state index in [1.54, 1.807) is 13.0 Å². The minimum Gasteiger partial charge on any atom is -0.478 e. The van der Waals surface area contributed by atoms with E-state index in [0.717, 1.165) is 0 Å². The Morgan fingerprint density at radius 3 is 2.47 bits per heavy atom. The molecule has 0 fully saturated rings. The van der Waals surface area contributed by atoms with Crippen LogP contribution in [0.15, 0.2) is 23.1 Å². The van der Waals surface area contributed by atoms with E-state index < -0.39 is 16.0 Å². The largest absolute Gasteiger partial charge is 0.478 e. The normalized spacial score (nSPS) is 11.3. The Morgan fingerprint density at radius 2 is 2.00 bits per heavy atom. The third-order valence-corrected chi connectivity index (χ3v) is 3.38. The van der Waals surface area contributed by atoms with Gasteiger partial charge in [-0.3, -0.25) is 0 Å². The number of sulfonamides is 1. The molecule has 1 aromatic rings. The molecule has 0 saturated carbocycles. The molecule has 0 heterocycles. The molecular weight excluding hydrogens is 218 g/mol. The molecule has 1 aromatic carbocycles. The summed E-state index contributed by atoms with van der Waals surface area (Å²) in [7, 11) is -2.49. The Balaban J connectivity index is 3.51. The van der Waals surface area contributed by atoms with Gasteiger partial charge in [-0.25, -0.2) is 17.9 Å². The lowest BCUT2D eigenvalue weighted by molar-refractivity contribution is 0.0692. The molecule has 0 spiro atoms. The van der Waals surface area contributed by atoms with Gasteiger partial charge in [0.05, 0.1) is 10.5 Å². The number of carboxylic acids is 1. The van der Waals surface area contributed by atoms with Crippen molar-refractivity contribution < 1.29 is 18.3 Å². The van der Waals surface area contributed by atoms with Gasteiger partial charge in [0.15, 0.2) is 0 Å². The van der Waals surface area contributed by atoms with E-state index in [-0.39, 0.29) is 10.5 Å². The van der Waals surface area contributed by atoms with Crippen molar-refractivity contribution >= 4 is 16.0 Å². The van der Waals surface area contributed by atoms with Crippen molar-refractivity contribution in [1.29, 1.82) is 0 Å². The molecule has 5 nitrogen and oxygen atoms in total. The van der Waals surface area contributed by atoms with E-state index in [1.165, 1.54) is 19.2 Å². The van der Waals surface area contributed by atoms with Gasteiger partial charge in [-0.05, 0) is 31.7 Å². The SMILES string of the molecule is CNS(=O)(=O)c1cc(C)ccc1C(=O)O. The molecule has 2 N–H and O–H groups in total. The summed E-state index contributed by atoms with van der Waals surface area (Å²) in [6.45, 7) is 1.69. The molecule has 82 valence electrons. The van der Waals surface area contributed by atoms with Crippen molar-refractivity contribution in [2.75, 3.05) is 7.05 Å². The second kappa shape index (κ2) is 4.00. The van der Waals surface area contributed by atoms with Gasteiger partial charge in [0.25, 0.3) is 0 Å². The number of rotatable bonds is 3. The van der Waals surface area contributed by atoms with Gasteiger partial charge in [0.1, 0.15) is 0 Å². The Labute approximate surface area is 87.8 Å². The van der Waals surface area contributed by atoms with Gasteiger partial charge in [-0.1, -0.05) is 6.07 Å². The summed E-state index contributed by atoms with van der Waals surface area (Å²) in [5.41, 5.74) is 0.462. The molecule has 0 aromatic heterocycles. The molecule has 0 unspecified atom stereocenters. The number of hydrogen-bond donors (Lipinski definition) is 2. The van der Waals surface area contributed by atoms with Crippen LogP contribution in [0.25, 0.3) is 0 Å². The molecular formula is C9H11NO4S. The minimum atomic E-state index is -3.73. The first-order valence-electron chi connectivity index (χ1n) is 4.16. The highest BCUT2D eigenvalue weighted by Crippen LogP contribution is 2.17. The van der Waals surface area contributed by atoms with Gasteiger partial charge < -0.3 is 5.11 Å². The summed E-state index contributed by atoms with van der Waals surface area (Å²) >= 11 is 0. The van der Waals surface area contributed by atoms with Crippen molar-refractivity contribution in [3.63, 3.8) is 0 Å². The van der Waals surface area contributed by atoms with Gasteiger partial charge in [-0.2, -0.15) is 0 Å². The zero-order valence-corrected chi connectivity index (χ0v) is 9.13. The van der Waals surface area contributed by atoms with Crippen LogP contribution in [0.2, 0.25) is 0 Å². The zero-order valence-electron chi connectivity index (χ0n) is 8.31. The van der Waals surface area contributed by atoms with E-state index in [9.17, 15) is 13.2 Å². The Kier molecular flexibility index (Phi) is 3.11. The van der Waals surface area contributed by atoms with E-state index >= 15 is 0 Å². The fourth-order valence-corrected chi connectivity index (χ4v) is 2.14. The van der Waals surface area contributed by atoms with Crippen LogP contribution in [-0.2, 0) is 10.0 Å². The first kappa shape index (κ1) is 11.7. The highest BCUT2D eigenvalue weighted by Gasteiger charge is 2.20. The zero-order chi connectivity index (χ0) is 11.6. The smallest absolute Gasteiger partial charge is 0.337 e. The van der Waals surface area contributed by atoms with Gasteiger partial charge in [-0.15, -0.1) is 0 Å². The fourth-order valence-electron chi connectivity index (χ4n) is 1.14. The first-order valence-corrected chi connectivity index (χ1v) is 5.64. The second-order valence-electron chi connectivity index (χ2n) is 3.01. The van der Waals surface area contributed by atoms with Gasteiger partial charge in [0, 0.05) is 0 Å². The van der Waals surface area contributed by atoms with Crippen LogP contribution in [0, 0.1) is 6.92 Å². The summed E-state index contributed by atoms with van der Waals surface area (Å²) in [5.74, 6) is -1.26. The number of hydrogen-bond acceptors (Lipinski definition) is 3. The van der Waals surface area contributed by atoms with E-state index in [2.05, 4.69) is 4.72 Å². The van der Waals surface area contributed by atoms with Crippen molar-refractivity contribution in [2.24, 2.45) is 0 Å². The molecule has 0 aliphatic carbocycles. The monoisotopic (exact) mass is 229 g/mol. The second-order valence-corrected chi connectivity index (χ2v) is 4.87. The van der Waals surface area contributed by atoms with Crippen molar-refractivity contribution in [1.82, 2.24) is 4.72 Å². The highest BCUT2D eigenvalue weighted by atomic mass is 32.2. The predicted octanol–water partition coefficient (Wildman–Crippen LogP) is 0.601. The minimum absolute atomic E-state index is 0.211. The van der Waals surface area contributed by atoms with Gasteiger partial charge in [0.2, 0.25) is 10.0 Å². The lowest BCUT2D eigenvalue weighted by Gasteiger charge is -2.07. The molecule has 1 rings (SSSR count). The van der Waals surface area contributed by atoms with Crippen LogP contribution in [0.1, 0.15) is 15.9 Å². The number of benzene rings is 1. The molecule has 0 aliphatic heterocycles. The average molecular weight is 229 g/mol. The van der Waals surface area contributed by atoms with Crippen molar-refractivity contribution in [3.05, 3.63) is 29.3 Å². The third-order valence-electron chi connectivity index (χ3n) is 1.93. The van der Waals surface area contributed by atoms with Crippen LogP contribution >= 0.6 is 0 Å². The average Bonchev–Trinajstić information content (AvgIpc) is 2.17. The number of carbonyl (C=O) groups is 1. The molecule has 15 heavy (non-hydrogen) atoms. The van der Waals surface area contributed by atoms with E-state index in [1.807, 2.05) is 0 Å². The first-order chi connectivity index (χ1) is 6.88. The molecule has 6 heteroatoms. The number of aromatic carboxylic acids is 1. The predicted molar refractivity (Wildman–Crippen MR) is 54.4 cm³/mol. The lowest BCUT2D eigenvalue weighted by Crippen LogP contribution is -2.21. The number of nitrogens with one attached hydrogen (secondary N) is 1. The number of carboxylic acid groups (broad SMARTS) is 1. The van der Waals surface area contributed by atoms with Crippen LogP contribution < -0.4 is 4.72 Å². The summed E-state index contributed by atoms with van der Waals surface area (Å²) < 4.78 is 25.1. The van der Waals surface area contributed by atoms with Crippen LogP contribution in [0.5, 0.6) is 0 Å². The number of aryl methyl sites for hydroxylation is 1. The molecule has 0 atom stereocenters. The topological polar surface area (TPSA) is 83.5 Å². The molecule has 0 amide bonds. The standard InChI is InChI=1S/C9H11NO4S/c1-6-3-4-7(9(11)12)8(5-6)15(13,14)10-2/h3-5,10H,1-2H3,(H,11,12). The Morgan fingerprint density at radius 1 is 1.40 bits per heavy atom. The van der Waals surface area contributed by atoms with Crippen LogP contribution in [0.4, 0.5) is 0 Å². The third kappa shape index (κ3) is 2.34. The quantitative estimate of drug-likeness (QED) is 0.795. The Hall–Kier alpha value is -1.40. The molecule has 0 bridgehead atoms. The van der Waals surface area contributed by atoms with E-state index in [4.69, 9.17) is 5.11 Å². The lowest BCUT2D eigenvalue weighted by atomic mass is 10.1. The van der Waals surface area contributed by atoms with Crippen molar-refractivity contribution in [2.45, 2.75) is 11.8 Å². The fraction of sp³-hybridized carbons (Fsp3) is 0.222. The maximum absolute atomic E-state index is 11.5. The highest BCUT2D eigenvalue weighted by molar-refractivity contribution is 7.89. The maximum atomic E-state index is 11.5. The maximum Gasteiger partial charge on any atom is 0.337 e. The van der Waals surface area contributed by atoms with Crippen molar-refractivity contribution in [3.8, 4) is 0 Å². The van der Waals surface area contributed by atoms with Crippen LogP contribution in [0.3, 0.4) is 0 Å². The summed E-state index contributed by atoms with van der Waals surface area (Å²) in [6.07, 6.45) is 0. The molecule has 0 saturated heterocycles. The van der Waals surface area contributed by atoms with E-state index in [0.29, 0.717) is 5.56 Å². The molecule has 0 radical (unpaired) electrons. The Bertz CT molecular complexity index is 493. The van der Waals surface area contributed by atoms with Crippen LogP contribution in [-0.4, -0.2) is 26.5 Å². The molecule has 0 aliphatic rings. The summed E-state index contributed by atoms with van der Waals surface area (Å²) in [4.78, 5) is 10.6. The van der Waals surface area contributed by atoms with Gasteiger partial charge >= 0.3 is 5.97 Å².